The van der Waals surface area contributed by atoms with Crippen molar-refractivity contribution in [1.82, 2.24) is 0 Å². The van der Waals surface area contributed by atoms with Gasteiger partial charge in [0, 0.05) is 0 Å². The Morgan fingerprint density at radius 3 is 2.09 bits per heavy atom. The van der Waals surface area contributed by atoms with Gasteiger partial charge in [0.25, 0.3) is 0 Å². The smallest absolute Gasteiger partial charge is 0.0747 e. The molecule has 2 heteroatoms. The lowest BCUT2D eigenvalue weighted by molar-refractivity contribution is 1.45. The first-order valence-corrected chi connectivity index (χ1v) is 3.53. The molecule has 60 valence electrons. The zero-order valence-corrected chi connectivity index (χ0v) is 7.23. The molecule has 0 saturated carbocycles. The Kier molecular flexibility index (Phi) is 4.11. The third-order valence-electron chi connectivity index (χ3n) is 1.21. The molecule has 0 saturated heterocycles. The normalized spacial score (nSPS) is 12.1. The van der Waals surface area contributed by atoms with E-state index >= 15 is 0 Å². The molecule has 2 N–H and O–H groups in total. The third-order valence-corrected chi connectivity index (χ3v) is 1.21. The molecule has 0 aromatic rings. The number of allylic oxidation sites excluding steroid dienone is 4. The van der Waals surface area contributed by atoms with Crippen LogP contribution >= 0.6 is 0 Å². The minimum absolute atomic E-state index is 0.278. The maximum Gasteiger partial charge on any atom is 0.0747 e. The van der Waals surface area contributed by atoms with Crippen molar-refractivity contribution in [3.63, 3.8) is 0 Å². The lowest BCUT2D eigenvalue weighted by atomic mass is 10.1. The summed E-state index contributed by atoms with van der Waals surface area (Å²) in [4.78, 5) is 0. The zero-order valence-electron chi connectivity index (χ0n) is 7.23. The Morgan fingerprint density at radius 1 is 1.18 bits per heavy atom. The molecule has 0 aliphatic heterocycles. The second-order valence-electron chi connectivity index (χ2n) is 2.43. The second kappa shape index (κ2) is 4.61. The standard InChI is InChI=1S/C9H14N2/c1-4-5-7(2)6-9(11)8(3)10/h4-6,10-11H,1-3H3/b5-4-,7-6-,10-8?,11-9?. The van der Waals surface area contributed by atoms with Crippen LogP contribution in [0, 0.1) is 10.8 Å². The van der Waals surface area contributed by atoms with Gasteiger partial charge in [0.05, 0.1) is 11.4 Å². The Hall–Kier alpha value is -1.18. The topological polar surface area (TPSA) is 47.7 Å². The quantitative estimate of drug-likeness (QED) is 0.459. The molecule has 0 unspecified atom stereocenters. The van der Waals surface area contributed by atoms with Gasteiger partial charge < -0.3 is 5.41 Å². The van der Waals surface area contributed by atoms with Crippen LogP contribution in [0.3, 0.4) is 0 Å². The van der Waals surface area contributed by atoms with Crippen molar-refractivity contribution in [1.29, 1.82) is 10.8 Å². The summed E-state index contributed by atoms with van der Waals surface area (Å²) >= 11 is 0. The van der Waals surface area contributed by atoms with Crippen LogP contribution < -0.4 is 0 Å². The summed E-state index contributed by atoms with van der Waals surface area (Å²) in [7, 11) is 0. The van der Waals surface area contributed by atoms with E-state index in [0.29, 0.717) is 5.71 Å². The van der Waals surface area contributed by atoms with E-state index < -0.39 is 0 Å². The first-order chi connectivity index (χ1) is 5.07. The van der Waals surface area contributed by atoms with Gasteiger partial charge in [0.2, 0.25) is 0 Å². The van der Waals surface area contributed by atoms with E-state index in [9.17, 15) is 0 Å². The van der Waals surface area contributed by atoms with E-state index in [1.165, 1.54) is 0 Å². The summed E-state index contributed by atoms with van der Waals surface area (Å²) in [6, 6.07) is 0. The van der Waals surface area contributed by atoms with Crippen LogP contribution in [0.1, 0.15) is 20.8 Å². The van der Waals surface area contributed by atoms with Gasteiger partial charge in [-0.05, 0) is 32.4 Å². The summed E-state index contributed by atoms with van der Waals surface area (Å²) in [5.74, 6) is 0. The molecule has 0 aromatic heterocycles. The van der Waals surface area contributed by atoms with E-state index in [-0.39, 0.29) is 5.71 Å². The minimum Gasteiger partial charge on any atom is -0.303 e. The van der Waals surface area contributed by atoms with Crippen LogP contribution in [0.4, 0.5) is 0 Å². The average molecular weight is 150 g/mol. The van der Waals surface area contributed by atoms with Gasteiger partial charge in [-0.3, -0.25) is 5.41 Å². The van der Waals surface area contributed by atoms with Crippen molar-refractivity contribution < 1.29 is 0 Å². The Balaban J connectivity index is 4.31. The van der Waals surface area contributed by atoms with Gasteiger partial charge >= 0.3 is 0 Å². The number of hydrogen-bond acceptors (Lipinski definition) is 2. The first kappa shape index (κ1) is 9.82. The lowest BCUT2D eigenvalue weighted by Crippen LogP contribution is -2.03. The highest BCUT2D eigenvalue weighted by Gasteiger charge is 1.92. The molecule has 0 bridgehead atoms. The summed E-state index contributed by atoms with van der Waals surface area (Å²) in [6.07, 6.45) is 5.51. The molecular weight excluding hydrogens is 136 g/mol. The van der Waals surface area contributed by atoms with Crippen molar-refractivity contribution in [3.8, 4) is 0 Å². The van der Waals surface area contributed by atoms with Crippen LogP contribution in [-0.4, -0.2) is 11.4 Å². The molecular formula is C9H14N2. The molecule has 0 spiro atoms. The summed E-state index contributed by atoms with van der Waals surface area (Å²) in [5, 5.41) is 14.5. The van der Waals surface area contributed by atoms with E-state index in [1.54, 1.807) is 13.0 Å². The molecule has 0 aliphatic rings. The average Bonchev–Trinajstić information content (AvgIpc) is 1.87. The summed E-state index contributed by atoms with van der Waals surface area (Å²) < 4.78 is 0. The zero-order chi connectivity index (χ0) is 8.85. The maximum absolute atomic E-state index is 7.32. The van der Waals surface area contributed by atoms with Crippen LogP contribution in [0.15, 0.2) is 23.8 Å². The second-order valence-corrected chi connectivity index (χ2v) is 2.43. The molecule has 0 aliphatic carbocycles. The van der Waals surface area contributed by atoms with E-state index in [4.69, 9.17) is 10.8 Å². The highest BCUT2D eigenvalue weighted by atomic mass is 14.5. The van der Waals surface area contributed by atoms with Crippen LogP contribution in [0.5, 0.6) is 0 Å². The van der Waals surface area contributed by atoms with E-state index in [0.717, 1.165) is 5.57 Å². The highest BCUT2D eigenvalue weighted by molar-refractivity contribution is 6.43. The fourth-order valence-electron chi connectivity index (χ4n) is 0.647. The van der Waals surface area contributed by atoms with E-state index in [1.807, 2.05) is 26.0 Å². The third kappa shape index (κ3) is 4.25. The number of hydrogen-bond donors (Lipinski definition) is 2. The molecule has 0 radical (unpaired) electrons. The highest BCUT2D eigenvalue weighted by Crippen LogP contribution is 1.95. The molecule has 0 amide bonds. The predicted octanol–water partition coefficient (Wildman–Crippen LogP) is 2.57. The van der Waals surface area contributed by atoms with Crippen LogP contribution in [0.2, 0.25) is 0 Å². The summed E-state index contributed by atoms with van der Waals surface area (Å²) in [5.41, 5.74) is 1.58. The van der Waals surface area contributed by atoms with Gasteiger partial charge in [-0.2, -0.15) is 0 Å². The van der Waals surface area contributed by atoms with Crippen molar-refractivity contribution in [3.05, 3.63) is 23.8 Å². The monoisotopic (exact) mass is 150 g/mol. The van der Waals surface area contributed by atoms with Crippen LogP contribution in [0.25, 0.3) is 0 Å². The SMILES string of the molecule is C/C=C\C(C)=C/C(=N)C(C)=N. The fourth-order valence-corrected chi connectivity index (χ4v) is 0.647. The largest absolute Gasteiger partial charge is 0.303 e. The number of rotatable bonds is 3. The Bertz CT molecular complexity index is 222. The van der Waals surface area contributed by atoms with Crippen molar-refractivity contribution in [2.45, 2.75) is 20.8 Å². The van der Waals surface area contributed by atoms with Gasteiger partial charge in [-0.1, -0.05) is 12.2 Å². The molecule has 0 atom stereocenters. The predicted molar refractivity (Wildman–Crippen MR) is 49.7 cm³/mol. The molecule has 11 heavy (non-hydrogen) atoms. The first-order valence-electron chi connectivity index (χ1n) is 3.53. The molecule has 0 aromatic carbocycles. The maximum atomic E-state index is 7.32. The van der Waals surface area contributed by atoms with Gasteiger partial charge in [0.1, 0.15) is 0 Å². The minimum atomic E-state index is 0.278. The summed E-state index contributed by atoms with van der Waals surface area (Å²) in [6.45, 7) is 5.46. The number of nitrogens with one attached hydrogen (secondary N) is 2. The van der Waals surface area contributed by atoms with Crippen molar-refractivity contribution >= 4 is 11.4 Å². The van der Waals surface area contributed by atoms with Gasteiger partial charge in [0.15, 0.2) is 0 Å². The molecule has 0 heterocycles. The van der Waals surface area contributed by atoms with Gasteiger partial charge in [-0.15, -0.1) is 0 Å². The molecule has 0 rings (SSSR count). The Labute approximate surface area is 67.7 Å². The lowest BCUT2D eigenvalue weighted by Gasteiger charge is -1.94. The molecule has 2 nitrogen and oxygen atoms in total. The fraction of sp³-hybridized carbons (Fsp3) is 0.333. The van der Waals surface area contributed by atoms with Crippen molar-refractivity contribution in [2.75, 3.05) is 0 Å². The van der Waals surface area contributed by atoms with Gasteiger partial charge in [-0.25, -0.2) is 0 Å². The Morgan fingerprint density at radius 2 is 1.73 bits per heavy atom. The van der Waals surface area contributed by atoms with Crippen LogP contribution in [-0.2, 0) is 0 Å². The molecule has 0 fully saturated rings. The van der Waals surface area contributed by atoms with E-state index in [2.05, 4.69) is 0 Å². The van der Waals surface area contributed by atoms with Crippen molar-refractivity contribution in [2.24, 2.45) is 0 Å².